The molecular weight excluding hydrogens is 608 g/mol. The molecule has 1 aliphatic heterocycles. The molecule has 1 fully saturated rings. The quantitative estimate of drug-likeness (QED) is 0.215. The van der Waals surface area contributed by atoms with Crippen molar-refractivity contribution in [1.82, 2.24) is 10.2 Å². The van der Waals surface area contributed by atoms with Crippen molar-refractivity contribution in [3.63, 3.8) is 0 Å². The topological polar surface area (TPSA) is 118 Å². The fraction of sp³-hybridized carbons (Fsp3) is 0.487. The van der Waals surface area contributed by atoms with E-state index < -0.39 is 29.6 Å². The number of benzene rings is 3. The number of carbonyl (C=O) groups is 2. The molecule has 0 radical (unpaired) electrons. The zero-order valence-corrected chi connectivity index (χ0v) is 29.3. The van der Waals surface area contributed by atoms with Gasteiger partial charge in [-0.2, -0.15) is 0 Å². The molecule has 9 heteroatoms. The number of likely N-dealkylation sites (tertiary alicyclic amines) is 1. The summed E-state index contributed by atoms with van der Waals surface area (Å²) >= 11 is 0. The van der Waals surface area contributed by atoms with E-state index in [9.17, 15) is 14.7 Å². The molecule has 0 aromatic heterocycles. The Morgan fingerprint density at radius 2 is 1.79 bits per heavy atom. The number of amides is 2. The van der Waals surface area contributed by atoms with E-state index in [0.29, 0.717) is 58.2 Å². The summed E-state index contributed by atoms with van der Waals surface area (Å²) in [5, 5.41) is 24.3. The Balaban J connectivity index is 1.63. The first-order valence-electron chi connectivity index (χ1n) is 16.8. The van der Waals surface area contributed by atoms with Crippen LogP contribution in [0.2, 0.25) is 0 Å². The largest absolute Gasteiger partial charge is 0.444 e. The monoisotopic (exact) mass is 660 g/mol. The van der Waals surface area contributed by atoms with Gasteiger partial charge in [-0.3, -0.25) is 4.79 Å². The van der Waals surface area contributed by atoms with Gasteiger partial charge < -0.3 is 34.6 Å². The van der Waals surface area contributed by atoms with E-state index in [0.717, 1.165) is 38.9 Å². The van der Waals surface area contributed by atoms with E-state index >= 15 is 0 Å². The number of piperidine rings is 1. The lowest BCUT2D eigenvalue weighted by Crippen LogP contribution is -2.51. The van der Waals surface area contributed by atoms with Crippen LogP contribution in [0.1, 0.15) is 67.9 Å². The number of nitrogens with zero attached hydrogens (tertiary/aromatic N) is 1. The van der Waals surface area contributed by atoms with Gasteiger partial charge in [0, 0.05) is 38.6 Å². The zero-order valence-electron chi connectivity index (χ0n) is 29.3. The fourth-order valence-electron chi connectivity index (χ4n) is 6.38. The SMILES string of the molecule is COC[C@H](C)COCc1ccc([C@@]2(O)CCN(C(=O)OC(C)(C)C)C[C@@H]2c2ccc(-c3ccccc3CCNC(=O)CO)cc2C)cc1. The van der Waals surface area contributed by atoms with Crippen molar-refractivity contribution in [3.8, 4) is 11.1 Å². The van der Waals surface area contributed by atoms with E-state index in [1.54, 1.807) is 12.0 Å². The smallest absolute Gasteiger partial charge is 0.410 e. The fourth-order valence-corrected chi connectivity index (χ4v) is 6.38. The number of carbonyl (C=O) groups excluding carboxylic acids is 2. The maximum atomic E-state index is 13.2. The van der Waals surface area contributed by atoms with E-state index in [4.69, 9.17) is 19.3 Å². The van der Waals surface area contributed by atoms with Gasteiger partial charge in [0.05, 0.1) is 25.4 Å². The van der Waals surface area contributed by atoms with Crippen LogP contribution >= 0.6 is 0 Å². The lowest BCUT2D eigenvalue weighted by atomic mass is 9.71. The van der Waals surface area contributed by atoms with Gasteiger partial charge in [0.1, 0.15) is 12.2 Å². The first kappa shape index (κ1) is 37.1. The highest BCUT2D eigenvalue weighted by Gasteiger charge is 2.46. The molecule has 3 aromatic carbocycles. The Morgan fingerprint density at radius 1 is 1.06 bits per heavy atom. The maximum Gasteiger partial charge on any atom is 0.410 e. The standard InChI is InChI=1S/C39H52N2O7/c1-27(24-46-6)25-47-26-29-11-14-32(15-12-29)39(45)18-20-41(37(44)48-38(3,4)5)22-35(39)33-16-13-31(21-28(33)2)34-10-8-7-9-30(34)17-19-40-36(43)23-42/h7-16,21,27,35,42,45H,17-20,22-26H2,1-6H3,(H,40,43)/t27-,35+,39-/m0/s1. The summed E-state index contributed by atoms with van der Waals surface area (Å²) in [5.74, 6) is -0.508. The highest BCUT2D eigenvalue weighted by atomic mass is 16.6. The van der Waals surface area contributed by atoms with Crippen molar-refractivity contribution in [1.29, 1.82) is 0 Å². The number of rotatable bonds is 13. The number of hydrogen-bond donors (Lipinski definition) is 3. The Bertz CT molecular complexity index is 1520. The lowest BCUT2D eigenvalue weighted by Gasteiger charge is -2.45. The van der Waals surface area contributed by atoms with Crippen LogP contribution in [0.4, 0.5) is 4.79 Å². The van der Waals surface area contributed by atoms with Crippen LogP contribution in [0.25, 0.3) is 11.1 Å². The summed E-state index contributed by atoms with van der Waals surface area (Å²) < 4.78 is 16.8. The molecule has 3 N–H and O–H groups in total. The summed E-state index contributed by atoms with van der Waals surface area (Å²) in [6.07, 6.45) is 0.579. The Kier molecular flexibility index (Phi) is 12.8. The molecule has 2 amide bonds. The molecule has 0 bridgehead atoms. The Hall–Kier alpha value is -3.76. The summed E-state index contributed by atoms with van der Waals surface area (Å²) in [4.78, 5) is 26.5. The third-order valence-corrected chi connectivity index (χ3v) is 8.80. The van der Waals surface area contributed by atoms with Crippen LogP contribution in [0.5, 0.6) is 0 Å². The van der Waals surface area contributed by atoms with Gasteiger partial charge in [0.25, 0.3) is 0 Å². The van der Waals surface area contributed by atoms with Gasteiger partial charge in [0.15, 0.2) is 0 Å². The number of aryl methyl sites for hydroxylation is 1. The maximum absolute atomic E-state index is 13.2. The molecule has 260 valence electrons. The summed E-state index contributed by atoms with van der Waals surface area (Å²) in [5.41, 5.74) is 5.07. The minimum Gasteiger partial charge on any atom is -0.444 e. The van der Waals surface area contributed by atoms with Crippen LogP contribution in [0, 0.1) is 12.8 Å². The first-order valence-corrected chi connectivity index (χ1v) is 16.8. The molecule has 4 rings (SSSR count). The molecule has 3 aromatic rings. The van der Waals surface area contributed by atoms with E-state index in [-0.39, 0.29) is 6.09 Å². The van der Waals surface area contributed by atoms with Crippen molar-refractivity contribution < 1.29 is 34.0 Å². The molecule has 0 saturated carbocycles. The van der Waals surface area contributed by atoms with Crippen molar-refractivity contribution in [3.05, 3.63) is 94.5 Å². The molecule has 1 aliphatic rings. The molecule has 9 nitrogen and oxygen atoms in total. The van der Waals surface area contributed by atoms with Gasteiger partial charge in [-0.15, -0.1) is 0 Å². The van der Waals surface area contributed by atoms with E-state index in [2.05, 4.69) is 36.5 Å². The van der Waals surface area contributed by atoms with Crippen LogP contribution in [0.15, 0.2) is 66.7 Å². The zero-order chi connectivity index (χ0) is 34.9. The van der Waals surface area contributed by atoms with Crippen LogP contribution < -0.4 is 5.32 Å². The van der Waals surface area contributed by atoms with Crippen LogP contribution in [-0.4, -0.2) is 79.3 Å². The second kappa shape index (κ2) is 16.6. The van der Waals surface area contributed by atoms with Crippen molar-refractivity contribution >= 4 is 12.0 Å². The van der Waals surface area contributed by atoms with Crippen LogP contribution in [-0.2, 0) is 37.6 Å². The minimum atomic E-state index is -1.22. The second-order valence-electron chi connectivity index (χ2n) is 13.9. The van der Waals surface area contributed by atoms with Crippen molar-refractivity contribution in [2.45, 2.75) is 71.2 Å². The predicted octanol–water partition coefficient (Wildman–Crippen LogP) is 5.72. The Labute approximate surface area is 285 Å². The van der Waals surface area contributed by atoms with E-state index in [1.807, 2.05) is 70.2 Å². The second-order valence-corrected chi connectivity index (χ2v) is 13.9. The molecular formula is C39H52N2O7. The summed E-state index contributed by atoms with van der Waals surface area (Å²) in [6.45, 7) is 12.0. The molecule has 0 spiro atoms. The van der Waals surface area contributed by atoms with Gasteiger partial charge in [-0.1, -0.05) is 73.7 Å². The molecule has 0 aliphatic carbocycles. The van der Waals surface area contributed by atoms with Crippen molar-refractivity contribution in [2.24, 2.45) is 5.92 Å². The van der Waals surface area contributed by atoms with Crippen LogP contribution in [0.3, 0.4) is 0 Å². The van der Waals surface area contributed by atoms with E-state index in [1.165, 1.54) is 0 Å². The normalized spacial score (nSPS) is 18.8. The average molecular weight is 661 g/mol. The highest BCUT2D eigenvalue weighted by molar-refractivity contribution is 5.77. The lowest BCUT2D eigenvalue weighted by molar-refractivity contribution is -0.123. The number of aliphatic hydroxyl groups is 2. The number of ether oxygens (including phenoxy) is 3. The molecule has 48 heavy (non-hydrogen) atoms. The molecule has 3 atom stereocenters. The summed E-state index contributed by atoms with van der Waals surface area (Å²) in [6, 6.07) is 22.3. The van der Waals surface area contributed by atoms with Gasteiger partial charge in [0.2, 0.25) is 5.91 Å². The van der Waals surface area contributed by atoms with Gasteiger partial charge in [-0.05, 0) is 79.5 Å². The predicted molar refractivity (Wildman–Crippen MR) is 187 cm³/mol. The van der Waals surface area contributed by atoms with Gasteiger partial charge in [-0.25, -0.2) is 4.79 Å². The third kappa shape index (κ3) is 9.66. The highest BCUT2D eigenvalue weighted by Crippen LogP contribution is 2.45. The van der Waals surface area contributed by atoms with Gasteiger partial charge >= 0.3 is 6.09 Å². The number of aliphatic hydroxyl groups excluding tert-OH is 1. The molecule has 1 saturated heterocycles. The minimum absolute atomic E-state index is 0.300. The Morgan fingerprint density at radius 3 is 2.46 bits per heavy atom. The first-order chi connectivity index (χ1) is 22.8. The number of methoxy groups -OCH3 is 1. The van der Waals surface area contributed by atoms with Crippen molar-refractivity contribution in [2.75, 3.05) is 46.6 Å². The summed E-state index contributed by atoms with van der Waals surface area (Å²) in [7, 11) is 1.69. The molecule has 1 heterocycles. The number of nitrogens with one attached hydrogen (secondary N) is 1. The number of hydrogen-bond acceptors (Lipinski definition) is 7. The molecule has 0 unspecified atom stereocenters. The average Bonchev–Trinajstić information content (AvgIpc) is 3.05. The third-order valence-electron chi connectivity index (χ3n) is 8.80.